The monoisotopic (exact) mass is 203 g/mol. The zero-order valence-electron chi connectivity index (χ0n) is 6.02. The van der Waals surface area contributed by atoms with E-state index in [9.17, 15) is 0 Å². The summed E-state index contributed by atoms with van der Waals surface area (Å²) in [6.07, 6.45) is 5.16. The summed E-state index contributed by atoms with van der Waals surface area (Å²) in [6.45, 7) is 1.88. The number of ether oxygens (including phenoxy) is 1. The van der Waals surface area contributed by atoms with Gasteiger partial charge in [0.25, 0.3) is 0 Å². The summed E-state index contributed by atoms with van der Waals surface area (Å²) in [5.41, 5.74) is 0. The van der Waals surface area contributed by atoms with Crippen molar-refractivity contribution in [2.45, 2.75) is 6.92 Å². The minimum absolute atomic E-state index is 0.337. The maximum Gasteiger partial charge on any atom is 0.114 e. The zero-order valence-corrected chi connectivity index (χ0v) is 7.60. The highest BCUT2D eigenvalue weighted by atomic mass is 79.9. The minimum atomic E-state index is 0.337. The van der Waals surface area contributed by atoms with E-state index in [1.807, 2.05) is 13.0 Å². The second kappa shape index (κ2) is 5.23. The fraction of sp³-hybridized carbons (Fsp3) is 0.286. The lowest BCUT2D eigenvalue weighted by Gasteiger charge is -1.95. The summed E-state index contributed by atoms with van der Waals surface area (Å²) < 4.78 is 5.24. The molecule has 0 rings (SSSR count). The van der Waals surface area contributed by atoms with Crippen molar-refractivity contribution in [2.24, 2.45) is 0 Å². The molecule has 0 fully saturated rings. The van der Waals surface area contributed by atoms with Gasteiger partial charge in [-0.05, 0) is 41.1 Å². The molecule has 0 heterocycles. The zero-order chi connectivity index (χ0) is 7.98. The van der Waals surface area contributed by atoms with Crippen LogP contribution in [-0.4, -0.2) is 11.7 Å². The van der Waals surface area contributed by atoms with Gasteiger partial charge < -0.3 is 4.74 Å². The van der Waals surface area contributed by atoms with Crippen LogP contribution in [0.5, 0.6) is 0 Å². The Bertz CT molecular complexity index is 172. The summed E-state index contributed by atoms with van der Waals surface area (Å²) in [5.74, 6) is 0.754. The van der Waals surface area contributed by atoms with Crippen LogP contribution in [0, 0.1) is 5.41 Å². The van der Waals surface area contributed by atoms with Crippen LogP contribution in [-0.2, 0) is 4.74 Å². The molecule has 0 radical (unpaired) electrons. The molecule has 1 N–H and O–H groups in total. The molecule has 0 bridgehead atoms. The molecule has 0 aliphatic heterocycles. The first-order valence-corrected chi connectivity index (χ1v) is 3.62. The topological polar surface area (TPSA) is 33.1 Å². The Balaban J connectivity index is 3.98. The summed E-state index contributed by atoms with van der Waals surface area (Å²) in [4.78, 5) is 0. The molecule has 2 nitrogen and oxygen atoms in total. The van der Waals surface area contributed by atoms with E-state index in [1.54, 1.807) is 19.3 Å². The van der Waals surface area contributed by atoms with E-state index in [1.165, 1.54) is 0 Å². The van der Waals surface area contributed by atoms with Gasteiger partial charge in [0, 0.05) is 0 Å². The standard InChI is InChI=1S/C7H10BrNO/c1-3-6(10-2)4-5-7(8)9/h3-5,9H,1-2H3/b5-4-,6-3-,9-7?. The van der Waals surface area contributed by atoms with Crippen LogP contribution in [0.3, 0.4) is 0 Å². The molecule has 0 atom stereocenters. The van der Waals surface area contributed by atoms with Gasteiger partial charge in [-0.1, -0.05) is 0 Å². The number of hydrogen-bond acceptors (Lipinski definition) is 2. The van der Waals surface area contributed by atoms with Gasteiger partial charge >= 0.3 is 0 Å². The Labute approximate surface area is 69.2 Å². The smallest absolute Gasteiger partial charge is 0.114 e. The Morgan fingerprint density at radius 2 is 2.10 bits per heavy atom. The van der Waals surface area contributed by atoms with E-state index in [2.05, 4.69) is 15.9 Å². The molecule has 0 aromatic heterocycles. The van der Waals surface area contributed by atoms with E-state index < -0.39 is 0 Å². The third-order valence-corrected chi connectivity index (χ3v) is 1.18. The second-order valence-corrected chi connectivity index (χ2v) is 2.43. The SMILES string of the molecule is C/C=C(/C=C\C(=N)Br)OC. The van der Waals surface area contributed by atoms with Gasteiger partial charge in [-0.25, -0.2) is 0 Å². The van der Waals surface area contributed by atoms with Gasteiger partial charge in [0.1, 0.15) is 5.76 Å². The average Bonchev–Trinajstić information content (AvgIpc) is 1.90. The summed E-state index contributed by atoms with van der Waals surface area (Å²) >= 11 is 2.97. The number of hydrogen-bond donors (Lipinski definition) is 1. The molecule has 0 unspecified atom stereocenters. The molecule has 56 valence electrons. The lowest BCUT2D eigenvalue weighted by molar-refractivity contribution is 0.306. The fourth-order valence-electron chi connectivity index (χ4n) is 0.437. The van der Waals surface area contributed by atoms with Crippen LogP contribution in [0.2, 0.25) is 0 Å². The molecule has 0 aliphatic carbocycles. The molecular weight excluding hydrogens is 194 g/mol. The lowest BCUT2D eigenvalue weighted by atomic mass is 10.4. The van der Waals surface area contributed by atoms with Crippen molar-refractivity contribution in [1.82, 2.24) is 0 Å². The van der Waals surface area contributed by atoms with Gasteiger partial charge in [0.05, 0.1) is 11.7 Å². The largest absolute Gasteiger partial charge is 0.497 e. The van der Waals surface area contributed by atoms with E-state index in [-0.39, 0.29) is 0 Å². The molecule has 0 aromatic carbocycles. The van der Waals surface area contributed by atoms with E-state index in [0.717, 1.165) is 5.76 Å². The highest BCUT2D eigenvalue weighted by molar-refractivity contribution is 9.18. The van der Waals surface area contributed by atoms with Crippen molar-refractivity contribution < 1.29 is 4.74 Å². The average molecular weight is 204 g/mol. The Kier molecular flexibility index (Phi) is 4.94. The molecule has 0 aliphatic rings. The molecule has 0 amide bonds. The number of nitrogens with one attached hydrogen (secondary N) is 1. The van der Waals surface area contributed by atoms with Crippen LogP contribution < -0.4 is 0 Å². The van der Waals surface area contributed by atoms with Gasteiger partial charge in [-0.2, -0.15) is 0 Å². The molecule has 0 aromatic rings. The molecule has 0 spiro atoms. The van der Waals surface area contributed by atoms with Gasteiger partial charge in [0.15, 0.2) is 0 Å². The molecule has 0 saturated carbocycles. The first-order valence-electron chi connectivity index (χ1n) is 2.83. The van der Waals surface area contributed by atoms with Crippen LogP contribution in [0.1, 0.15) is 6.92 Å². The van der Waals surface area contributed by atoms with Gasteiger partial charge in [0.2, 0.25) is 0 Å². The molecular formula is C7H10BrNO. The molecule has 10 heavy (non-hydrogen) atoms. The number of halogens is 1. The van der Waals surface area contributed by atoms with Crippen molar-refractivity contribution in [1.29, 1.82) is 5.41 Å². The first kappa shape index (κ1) is 9.43. The first-order chi connectivity index (χ1) is 4.70. The van der Waals surface area contributed by atoms with Crippen LogP contribution in [0.15, 0.2) is 24.0 Å². The summed E-state index contributed by atoms with van der Waals surface area (Å²) in [5, 5.41) is 6.98. The lowest BCUT2D eigenvalue weighted by Crippen LogP contribution is -1.81. The highest BCUT2D eigenvalue weighted by Gasteiger charge is 1.85. The van der Waals surface area contributed by atoms with Crippen molar-refractivity contribution in [2.75, 3.05) is 7.11 Å². The third-order valence-electron chi connectivity index (χ3n) is 0.914. The summed E-state index contributed by atoms with van der Waals surface area (Å²) in [7, 11) is 1.59. The highest BCUT2D eigenvalue weighted by Crippen LogP contribution is 1.98. The quantitative estimate of drug-likeness (QED) is 0.427. The van der Waals surface area contributed by atoms with Crippen LogP contribution in [0.25, 0.3) is 0 Å². The fourth-order valence-corrected chi connectivity index (χ4v) is 0.570. The minimum Gasteiger partial charge on any atom is -0.497 e. The maximum absolute atomic E-state index is 6.98. The predicted molar refractivity (Wildman–Crippen MR) is 46.6 cm³/mol. The van der Waals surface area contributed by atoms with E-state index in [4.69, 9.17) is 10.1 Å². The Morgan fingerprint density at radius 1 is 1.50 bits per heavy atom. The molecule has 3 heteroatoms. The predicted octanol–water partition coefficient (Wildman–Crippen LogP) is 2.46. The normalized spacial score (nSPS) is 12.1. The van der Waals surface area contributed by atoms with E-state index in [0.29, 0.717) is 4.62 Å². The van der Waals surface area contributed by atoms with Gasteiger partial charge in [-0.15, -0.1) is 0 Å². The Hall–Kier alpha value is -0.570. The van der Waals surface area contributed by atoms with Crippen LogP contribution in [0.4, 0.5) is 0 Å². The van der Waals surface area contributed by atoms with Crippen molar-refractivity contribution >= 4 is 20.6 Å². The number of rotatable bonds is 3. The molecule has 0 saturated heterocycles. The number of allylic oxidation sites excluding steroid dienone is 3. The van der Waals surface area contributed by atoms with Crippen molar-refractivity contribution in [3.63, 3.8) is 0 Å². The maximum atomic E-state index is 6.98. The van der Waals surface area contributed by atoms with Crippen LogP contribution >= 0.6 is 15.9 Å². The second-order valence-electron chi connectivity index (χ2n) is 1.58. The van der Waals surface area contributed by atoms with Gasteiger partial charge in [-0.3, -0.25) is 5.41 Å². The summed E-state index contributed by atoms with van der Waals surface area (Å²) in [6, 6.07) is 0. The number of methoxy groups -OCH3 is 1. The third kappa shape index (κ3) is 4.32. The Morgan fingerprint density at radius 3 is 2.40 bits per heavy atom. The van der Waals surface area contributed by atoms with Crippen molar-refractivity contribution in [3.8, 4) is 0 Å². The van der Waals surface area contributed by atoms with Crippen molar-refractivity contribution in [3.05, 3.63) is 24.0 Å². The van der Waals surface area contributed by atoms with E-state index >= 15 is 0 Å².